The lowest BCUT2D eigenvalue weighted by molar-refractivity contribution is -0.137. The number of rotatable bonds is 5. The minimum absolute atomic E-state index is 0.103. The Morgan fingerprint density at radius 2 is 1.66 bits per heavy atom. The van der Waals surface area contributed by atoms with Gasteiger partial charge in [-0.05, 0) is 54.3 Å². The highest BCUT2D eigenvalue weighted by atomic mass is 19.4. The summed E-state index contributed by atoms with van der Waals surface area (Å²) in [6, 6.07) is 23.8. The number of carbonyl (C=O) groups is 1. The van der Waals surface area contributed by atoms with E-state index in [1.165, 1.54) is 6.07 Å². The van der Waals surface area contributed by atoms with Crippen LogP contribution in [0.2, 0.25) is 0 Å². The van der Waals surface area contributed by atoms with Gasteiger partial charge in [0.2, 0.25) is 5.91 Å². The number of para-hydroxylation sites is 1. The van der Waals surface area contributed by atoms with Gasteiger partial charge in [0, 0.05) is 37.6 Å². The van der Waals surface area contributed by atoms with Crippen molar-refractivity contribution in [2.75, 3.05) is 36.0 Å². The maximum Gasteiger partial charge on any atom is 0.416 e. The van der Waals surface area contributed by atoms with Crippen molar-refractivity contribution in [1.82, 2.24) is 5.32 Å². The lowest BCUT2D eigenvalue weighted by Gasteiger charge is -2.49. The fourth-order valence-corrected chi connectivity index (χ4v) is 5.28. The molecule has 1 N–H and O–H groups in total. The number of halogens is 3. The van der Waals surface area contributed by atoms with Gasteiger partial charge in [-0.15, -0.1) is 0 Å². The molecule has 2 aliphatic rings. The van der Waals surface area contributed by atoms with Crippen LogP contribution >= 0.6 is 0 Å². The molecule has 2 atom stereocenters. The number of alkyl halides is 3. The third kappa shape index (κ3) is 4.99. The monoisotopic (exact) mass is 479 g/mol. The molecule has 1 saturated heterocycles. The molecule has 4 nitrogen and oxygen atoms in total. The molecule has 1 fully saturated rings. The van der Waals surface area contributed by atoms with Gasteiger partial charge in [-0.1, -0.05) is 48.5 Å². The minimum atomic E-state index is -4.41. The molecule has 0 spiro atoms. The molecule has 0 saturated carbocycles. The molecule has 5 rings (SSSR count). The molecule has 2 aliphatic heterocycles. The average molecular weight is 480 g/mol. The number of amides is 1. The Morgan fingerprint density at radius 3 is 2.37 bits per heavy atom. The Bertz CT molecular complexity index is 1170. The van der Waals surface area contributed by atoms with Gasteiger partial charge in [-0.2, -0.15) is 13.2 Å². The van der Waals surface area contributed by atoms with Crippen LogP contribution in [0.5, 0.6) is 0 Å². The van der Waals surface area contributed by atoms with E-state index in [9.17, 15) is 18.0 Å². The van der Waals surface area contributed by atoms with Gasteiger partial charge >= 0.3 is 6.18 Å². The second-order valence-corrected chi connectivity index (χ2v) is 9.22. The Hall–Kier alpha value is -3.48. The Kier molecular flexibility index (Phi) is 6.41. The maximum absolute atomic E-state index is 13.4. The van der Waals surface area contributed by atoms with E-state index < -0.39 is 17.7 Å². The highest BCUT2D eigenvalue weighted by molar-refractivity contribution is 5.82. The first-order valence-electron chi connectivity index (χ1n) is 12.0. The number of piperazine rings is 1. The zero-order chi connectivity index (χ0) is 24.4. The van der Waals surface area contributed by atoms with Crippen molar-refractivity contribution in [3.8, 4) is 0 Å². The van der Waals surface area contributed by atoms with Crippen LogP contribution in [0.15, 0.2) is 78.9 Å². The molecule has 0 unspecified atom stereocenters. The van der Waals surface area contributed by atoms with E-state index >= 15 is 0 Å². The standard InChI is InChI=1S/C28H28F3N3O/c29-28(30,31)22-11-12-25-21(17-22)18-24(27(35)32-14-13-20-7-3-1-4-8-20)26-19-33(15-16-34(25)26)23-9-5-2-6-10-23/h1-12,17,24,26H,13-16,18-19H2,(H,32,35)/t24-,26+/m1/s1. The summed E-state index contributed by atoms with van der Waals surface area (Å²) in [5, 5.41) is 3.06. The topological polar surface area (TPSA) is 35.6 Å². The van der Waals surface area contributed by atoms with Crippen LogP contribution < -0.4 is 15.1 Å². The highest BCUT2D eigenvalue weighted by Crippen LogP contribution is 2.40. The molecule has 1 amide bonds. The first-order valence-corrected chi connectivity index (χ1v) is 12.0. The van der Waals surface area contributed by atoms with E-state index in [2.05, 4.69) is 27.2 Å². The van der Waals surface area contributed by atoms with Crippen LogP contribution in [0.3, 0.4) is 0 Å². The SMILES string of the molecule is O=C(NCCc1ccccc1)[C@@H]1Cc2cc(C(F)(F)F)ccc2N2CCN(c3ccccc3)C[C@@H]12. The van der Waals surface area contributed by atoms with Crippen LogP contribution in [-0.4, -0.2) is 38.1 Å². The molecule has 0 aliphatic carbocycles. The molecule has 0 aromatic heterocycles. The molecular formula is C28H28F3N3O. The third-order valence-electron chi connectivity index (χ3n) is 7.05. The number of hydrogen-bond acceptors (Lipinski definition) is 3. The lowest BCUT2D eigenvalue weighted by Crippen LogP contribution is -2.61. The zero-order valence-corrected chi connectivity index (χ0v) is 19.3. The summed E-state index contributed by atoms with van der Waals surface area (Å²) in [7, 11) is 0. The molecule has 0 radical (unpaired) electrons. The summed E-state index contributed by atoms with van der Waals surface area (Å²) < 4.78 is 40.2. The van der Waals surface area contributed by atoms with Crippen LogP contribution in [0, 0.1) is 5.92 Å². The van der Waals surface area contributed by atoms with Crippen LogP contribution in [0.1, 0.15) is 16.7 Å². The summed E-state index contributed by atoms with van der Waals surface area (Å²) in [6.45, 7) is 2.51. The fourth-order valence-electron chi connectivity index (χ4n) is 5.28. The van der Waals surface area contributed by atoms with E-state index in [0.29, 0.717) is 38.0 Å². The van der Waals surface area contributed by atoms with E-state index in [1.807, 2.05) is 48.5 Å². The largest absolute Gasteiger partial charge is 0.416 e. The van der Waals surface area contributed by atoms with Gasteiger partial charge in [-0.3, -0.25) is 4.79 Å². The fraction of sp³-hybridized carbons (Fsp3) is 0.321. The van der Waals surface area contributed by atoms with Gasteiger partial charge in [0.25, 0.3) is 0 Å². The van der Waals surface area contributed by atoms with Gasteiger partial charge in [-0.25, -0.2) is 0 Å². The van der Waals surface area contributed by atoms with Crippen molar-refractivity contribution in [2.45, 2.75) is 25.1 Å². The van der Waals surface area contributed by atoms with Crippen LogP contribution in [-0.2, 0) is 23.8 Å². The average Bonchev–Trinajstić information content (AvgIpc) is 2.88. The van der Waals surface area contributed by atoms with Crippen molar-refractivity contribution >= 4 is 17.3 Å². The summed E-state index contributed by atoms with van der Waals surface area (Å²) in [6.07, 6.45) is -3.41. The quantitative estimate of drug-likeness (QED) is 0.564. The first-order chi connectivity index (χ1) is 16.9. The number of nitrogens with zero attached hydrogens (tertiary/aromatic N) is 2. The molecule has 0 bridgehead atoms. The second kappa shape index (κ2) is 9.64. The molecule has 3 aromatic carbocycles. The van der Waals surface area contributed by atoms with Crippen molar-refractivity contribution in [1.29, 1.82) is 0 Å². The molecular weight excluding hydrogens is 451 g/mol. The second-order valence-electron chi connectivity index (χ2n) is 9.22. The van der Waals surface area contributed by atoms with Gasteiger partial charge in [0.15, 0.2) is 0 Å². The Labute approximate surface area is 203 Å². The summed E-state index contributed by atoms with van der Waals surface area (Å²) in [5.41, 5.74) is 2.96. The number of anilines is 2. The number of benzene rings is 3. The van der Waals surface area contributed by atoms with E-state index in [-0.39, 0.29) is 11.9 Å². The Morgan fingerprint density at radius 1 is 0.943 bits per heavy atom. The Balaban J connectivity index is 1.40. The van der Waals surface area contributed by atoms with Gasteiger partial charge < -0.3 is 15.1 Å². The van der Waals surface area contributed by atoms with Crippen molar-refractivity contribution in [2.24, 2.45) is 5.92 Å². The number of nitrogens with one attached hydrogen (secondary N) is 1. The predicted octanol–water partition coefficient (Wildman–Crippen LogP) is 4.93. The maximum atomic E-state index is 13.4. The van der Waals surface area contributed by atoms with Gasteiger partial charge in [0.05, 0.1) is 17.5 Å². The van der Waals surface area contributed by atoms with Crippen molar-refractivity contribution in [3.05, 3.63) is 95.6 Å². The summed E-state index contributed by atoms with van der Waals surface area (Å²) in [4.78, 5) is 17.8. The number of fused-ring (bicyclic) bond motifs is 3. The number of hydrogen-bond donors (Lipinski definition) is 1. The smallest absolute Gasteiger partial charge is 0.368 e. The minimum Gasteiger partial charge on any atom is -0.368 e. The molecule has 2 heterocycles. The zero-order valence-electron chi connectivity index (χ0n) is 19.3. The first kappa shape index (κ1) is 23.3. The van der Waals surface area contributed by atoms with Gasteiger partial charge in [0.1, 0.15) is 0 Å². The predicted molar refractivity (Wildman–Crippen MR) is 132 cm³/mol. The third-order valence-corrected chi connectivity index (χ3v) is 7.05. The lowest BCUT2D eigenvalue weighted by atomic mass is 9.82. The molecule has 3 aromatic rings. The number of carbonyl (C=O) groups excluding carboxylic acids is 1. The van der Waals surface area contributed by atoms with Crippen LogP contribution in [0.25, 0.3) is 0 Å². The van der Waals surface area contributed by atoms with E-state index in [0.717, 1.165) is 29.5 Å². The summed E-state index contributed by atoms with van der Waals surface area (Å²) in [5.74, 6) is -0.540. The van der Waals surface area contributed by atoms with E-state index in [4.69, 9.17) is 0 Å². The van der Waals surface area contributed by atoms with Crippen molar-refractivity contribution in [3.63, 3.8) is 0 Å². The van der Waals surface area contributed by atoms with Crippen molar-refractivity contribution < 1.29 is 18.0 Å². The molecule has 7 heteroatoms. The normalized spacial score (nSPS) is 19.6. The molecule has 35 heavy (non-hydrogen) atoms. The highest BCUT2D eigenvalue weighted by Gasteiger charge is 2.42. The summed E-state index contributed by atoms with van der Waals surface area (Å²) >= 11 is 0. The molecule has 182 valence electrons. The van der Waals surface area contributed by atoms with Crippen LogP contribution in [0.4, 0.5) is 24.5 Å². The van der Waals surface area contributed by atoms with E-state index in [1.54, 1.807) is 6.07 Å².